The normalized spacial score (nSPS) is 15.6. The summed E-state index contributed by atoms with van der Waals surface area (Å²) in [6.07, 6.45) is 7.39. The Labute approximate surface area is 220 Å². The van der Waals surface area contributed by atoms with Crippen molar-refractivity contribution in [3.63, 3.8) is 0 Å². The van der Waals surface area contributed by atoms with Gasteiger partial charge in [-0.05, 0) is 62.9 Å². The standard InChI is InChI=1S/C15H23FN4O2S2.C9H9F.C2H6/c1-3-6-18(2)7-4-5-13-12-20(23-16)15(21)14(17-13)19-8-10-24(22)11-9-19;10-9-5-3-8(4-6-9)7-1-2-7;1-2/h3,12H,1,4-11H2,2H3;3-7H,1-2H2;1-2H3. The van der Waals surface area contributed by atoms with Gasteiger partial charge in [-0.15, -0.1) is 10.5 Å². The molecule has 1 aromatic heterocycles. The summed E-state index contributed by atoms with van der Waals surface area (Å²) in [5.41, 5.74) is 1.53. The maximum Gasteiger partial charge on any atom is 0.305 e. The van der Waals surface area contributed by atoms with Gasteiger partial charge in [0.1, 0.15) is 5.82 Å². The van der Waals surface area contributed by atoms with Crippen LogP contribution in [-0.2, 0) is 17.2 Å². The number of likely N-dealkylation sites (N-methyl/N-ethyl adjacent to an activating group) is 1. The second-order valence-electron chi connectivity index (χ2n) is 8.57. The molecule has 10 heteroatoms. The van der Waals surface area contributed by atoms with Gasteiger partial charge in [0.25, 0.3) is 0 Å². The highest BCUT2D eigenvalue weighted by Crippen LogP contribution is 2.39. The van der Waals surface area contributed by atoms with Crippen LogP contribution in [0.25, 0.3) is 0 Å². The largest absolute Gasteiger partial charge is 0.350 e. The summed E-state index contributed by atoms with van der Waals surface area (Å²) in [4.78, 5) is 20.7. The molecule has 1 saturated carbocycles. The summed E-state index contributed by atoms with van der Waals surface area (Å²) in [6.45, 7) is 10.4. The number of hydrogen-bond acceptors (Lipinski definition) is 6. The third-order valence-corrected chi connectivity index (χ3v) is 7.49. The number of aryl methyl sites for hydroxylation is 1. The molecule has 1 saturated heterocycles. The highest BCUT2D eigenvalue weighted by atomic mass is 32.2. The van der Waals surface area contributed by atoms with E-state index in [-0.39, 0.29) is 24.0 Å². The molecule has 2 aromatic rings. The molecule has 0 amide bonds. The highest BCUT2D eigenvalue weighted by molar-refractivity contribution is 7.92. The second kappa shape index (κ2) is 15.9. The van der Waals surface area contributed by atoms with Crippen LogP contribution in [0.1, 0.15) is 50.3 Å². The van der Waals surface area contributed by atoms with Crippen molar-refractivity contribution in [1.82, 2.24) is 13.9 Å². The van der Waals surface area contributed by atoms with Crippen LogP contribution in [0, 0.1) is 5.82 Å². The Morgan fingerprint density at radius 3 is 2.42 bits per heavy atom. The zero-order valence-electron chi connectivity index (χ0n) is 21.5. The van der Waals surface area contributed by atoms with Crippen molar-refractivity contribution in [2.75, 3.05) is 49.6 Å². The van der Waals surface area contributed by atoms with Gasteiger partial charge in [-0.25, -0.2) is 13.3 Å². The van der Waals surface area contributed by atoms with Gasteiger partial charge in [-0.3, -0.25) is 9.00 Å². The van der Waals surface area contributed by atoms with Gasteiger partial charge >= 0.3 is 5.56 Å². The Morgan fingerprint density at radius 2 is 1.86 bits per heavy atom. The number of hydrogen-bond donors (Lipinski definition) is 0. The van der Waals surface area contributed by atoms with Gasteiger partial charge in [-0.2, -0.15) is 0 Å². The van der Waals surface area contributed by atoms with Crippen molar-refractivity contribution >= 4 is 29.0 Å². The molecule has 1 aromatic carbocycles. The van der Waals surface area contributed by atoms with Gasteiger partial charge in [0.2, 0.25) is 0 Å². The van der Waals surface area contributed by atoms with Crippen LogP contribution in [0.15, 0.2) is 47.9 Å². The van der Waals surface area contributed by atoms with Crippen LogP contribution in [-0.4, -0.2) is 62.8 Å². The molecule has 0 atom stereocenters. The Hall–Kier alpha value is -2.04. The molecule has 0 radical (unpaired) electrons. The summed E-state index contributed by atoms with van der Waals surface area (Å²) in [6, 6.07) is 6.83. The van der Waals surface area contributed by atoms with Crippen LogP contribution in [0.2, 0.25) is 0 Å². The lowest BCUT2D eigenvalue weighted by atomic mass is 10.1. The zero-order chi connectivity index (χ0) is 26.5. The smallest absolute Gasteiger partial charge is 0.305 e. The second-order valence-corrected chi connectivity index (χ2v) is 10.8. The van der Waals surface area contributed by atoms with Gasteiger partial charge < -0.3 is 9.80 Å². The third-order valence-electron chi connectivity index (χ3n) is 5.79. The summed E-state index contributed by atoms with van der Waals surface area (Å²) in [7, 11) is 1.17. The number of benzene rings is 1. The lowest BCUT2D eigenvalue weighted by Gasteiger charge is -2.27. The molecular weight excluding hydrogens is 502 g/mol. The van der Waals surface area contributed by atoms with E-state index in [1.54, 1.807) is 0 Å². The molecule has 1 aliphatic heterocycles. The predicted octanol–water partition coefficient (Wildman–Crippen LogP) is 4.97. The van der Waals surface area contributed by atoms with Crippen LogP contribution < -0.4 is 10.5 Å². The van der Waals surface area contributed by atoms with Crippen molar-refractivity contribution in [1.29, 1.82) is 0 Å². The van der Waals surface area contributed by atoms with Gasteiger partial charge in [0.05, 0.1) is 5.69 Å². The number of rotatable bonds is 9. The van der Waals surface area contributed by atoms with E-state index in [1.807, 2.05) is 44.0 Å². The average molecular weight is 541 g/mol. The van der Waals surface area contributed by atoms with Gasteiger partial charge in [0.15, 0.2) is 18.2 Å². The fraction of sp³-hybridized carbons (Fsp3) is 0.538. The highest BCUT2D eigenvalue weighted by Gasteiger charge is 2.23. The lowest BCUT2D eigenvalue weighted by Crippen LogP contribution is -2.42. The molecule has 0 N–H and O–H groups in total. The average Bonchev–Trinajstić information content (AvgIpc) is 3.73. The minimum absolute atomic E-state index is 0.110. The fourth-order valence-electron chi connectivity index (χ4n) is 3.73. The van der Waals surface area contributed by atoms with E-state index >= 15 is 0 Å². The molecule has 2 heterocycles. The molecule has 2 fully saturated rings. The molecule has 4 rings (SSSR count). The van der Waals surface area contributed by atoms with E-state index in [2.05, 4.69) is 16.5 Å². The van der Waals surface area contributed by atoms with Crippen LogP contribution in [0.5, 0.6) is 0 Å². The lowest BCUT2D eigenvalue weighted by molar-refractivity contribution is 0.363. The molecule has 1 aliphatic carbocycles. The molecule has 0 unspecified atom stereocenters. The van der Waals surface area contributed by atoms with Crippen molar-refractivity contribution < 1.29 is 12.5 Å². The van der Waals surface area contributed by atoms with E-state index in [9.17, 15) is 17.3 Å². The van der Waals surface area contributed by atoms with Crippen molar-refractivity contribution in [2.45, 2.75) is 45.4 Å². The van der Waals surface area contributed by atoms with Gasteiger partial charge in [-0.1, -0.05) is 32.1 Å². The Kier molecular flexibility index (Phi) is 13.4. The van der Waals surface area contributed by atoms with E-state index in [0.717, 1.165) is 29.4 Å². The minimum Gasteiger partial charge on any atom is -0.350 e. The predicted molar refractivity (Wildman–Crippen MR) is 148 cm³/mol. The van der Waals surface area contributed by atoms with Crippen LogP contribution in [0.4, 0.5) is 14.1 Å². The number of aromatic nitrogens is 2. The Balaban J connectivity index is 0.000000313. The number of halogens is 2. The first-order valence-corrected chi connectivity index (χ1v) is 14.6. The van der Waals surface area contributed by atoms with Gasteiger partial charge in [0, 0.05) is 48.1 Å². The van der Waals surface area contributed by atoms with E-state index in [4.69, 9.17) is 0 Å². The first-order valence-electron chi connectivity index (χ1n) is 12.5. The van der Waals surface area contributed by atoms with Crippen molar-refractivity contribution in [3.05, 3.63) is 70.5 Å². The molecule has 0 spiro atoms. The van der Waals surface area contributed by atoms with E-state index in [0.29, 0.717) is 36.7 Å². The molecular formula is C26H38F2N4O2S2. The molecule has 0 bridgehead atoms. The topological polar surface area (TPSA) is 58.4 Å². The molecule has 2 aliphatic rings. The first-order chi connectivity index (χ1) is 17.4. The summed E-state index contributed by atoms with van der Waals surface area (Å²) >= 11 is -0.110. The maximum atomic E-state index is 13.1. The maximum absolute atomic E-state index is 13.1. The third kappa shape index (κ3) is 9.78. The SMILES string of the molecule is C=CCN(C)CCCc1cn(SF)c(=O)c(N2CCS(=O)CC2)n1.CC.Fc1ccc(C2CC2)cc1. The quantitative estimate of drug-likeness (QED) is 0.419. The first kappa shape index (κ1) is 30.2. The summed E-state index contributed by atoms with van der Waals surface area (Å²) in [5.74, 6) is 1.89. The van der Waals surface area contributed by atoms with Crippen LogP contribution in [0.3, 0.4) is 0 Å². The molecule has 6 nitrogen and oxygen atoms in total. The summed E-state index contributed by atoms with van der Waals surface area (Å²) < 4.78 is 37.9. The van der Waals surface area contributed by atoms with E-state index in [1.165, 1.54) is 36.7 Å². The monoisotopic (exact) mass is 540 g/mol. The fourth-order valence-corrected chi connectivity index (χ4v) is 5.08. The minimum atomic E-state index is -0.837. The molecule has 36 heavy (non-hydrogen) atoms. The van der Waals surface area contributed by atoms with Crippen molar-refractivity contribution in [3.8, 4) is 0 Å². The number of nitrogens with zero attached hydrogens (tertiary/aromatic N) is 4. The number of anilines is 1. The van der Waals surface area contributed by atoms with Crippen LogP contribution >= 0.6 is 12.3 Å². The zero-order valence-corrected chi connectivity index (χ0v) is 23.1. The Bertz CT molecular complexity index is 1020. The summed E-state index contributed by atoms with van der Waals surface area (Å²) in [5, 5.41) is 0. The molecule has 200 valence electrons. The Morgan fingerprint density at radius 1 is 1.22 bits per heavy atom. The van der Waals surface area contributed by atoms with Crippen molar-refractivity contribution in [2.24, 2.45) is 0 Å². The van der Waals surface area contributed by atoms with E-state index < -0.39 is 16.4 Å².